The molecule has 0 aliphatic carbocycles. The van der Waals surface area contributed by atoms with Crippen LogP contribution >= 0.6 is 0 Å². The number of para-hydroxylation sites is 2. The van der Waals surface area contributed by atoms with Crippen molar-refractivity contribution >= 4 is 35.1 Å². The molecular weight excluding hydrogens is 518 g/mol. The number of amides is 3. The van der Waals surface area contributed by atoms with Gasteiger partial charge in [-0.25, -0.2) is 5.48 Å². The summed E-state index contributed by atoms with van der Waals surface area (Å²) in [6, 6.07) is 18.4. The lowest BCUT2D eigenvalue weighted by Crippen LogP contribution is -2.29. The molecule has 0 aliphatic rings. The number of unbranched alkanes of at least 4 members (excludes halogenated alkanes) is 2. The second kappa shape index (κ2) is 21.1. The van der Waals surface area contributed by atoms with Gasteiger partial charge in [0.25, 0.3) is 11.8 Å². The van der Waals surface area contributed by atoms with Crippen molar-refractivity contribution in [3.8, 4) is 0 Å². The largest absolute Gasteiger partial charge is 0.469 e. The smallest absolute Gasteiger partial charge is 0.305 e. The third-order valence-electron chi connectivity index (χ3n) is 5.81. The Kier molecular flexibility index (Phi) is 18.0. The molecule has 0 aromatic heterocycles. The molecule has 0 spiro atoms. The fourth-order valence-corrected chi connectivity index (χ4v) is 3.57. The van der Waals surface area contributed by atoms with Crippen molar-refractivity contribution in [2.75, 3.05) is 32.0 Å². The van der Waals surface area contributed by atoms with E-state index in [0.717, 1.165) is 17.8 Å². The number of nitrogens with one attached hydrogen (secondary N) is 3. The maximum Gasteiger partial charge on any atom is 0.305 e. The van der Waals surface area contributed by atoms with Crippen LogP contribution in [0.25, 0.3) is 0 Å². The van der Waals surface area contributed by atoms with E-state index in [1.807, 2.05) is 48.5 Å². The molecule has 0 heterocycles. The first kappa shape index (κ1) is 34.2. The predicted molar refractivity (Wildman–Crippen MR) is 151 cm³/mol. The van der Waals surface area contributed by atoms with Gasteiger partial charge in [-0.05, 0) is 62.8 Å². The van der Waals surface area contributed by atoms with Gasteiger partial charge in [0.05, 0.1) is 7.11 Å². The highest BCUT2D eigenvalue weighted by Crippen LogP contribution is 2.12. The Hall–Kier alpha value is -3.80. The summed E-state index contributed by atoms with van der Waals surface area (Å²) in [5, 5.41) is 13.9. The highest BCUT2D eigenvalue weighted by Gasteiger charge is 2.18. The van der Waals surface area contributed by atoms with Gasteiger partial charge in [0.15, 0.2) is 0 Å². The lowest BCUT2D eigenvalue weighted by Gasteiger charge is -2.15. The van der Waals surface area contributed by atoms with Crippen molar-refractivity contribution in [2.24, 2.45) is 0 Å². The van der Waals surface area contributed by atoms with Gasteiger partial charge in [-0.15, -0.1) is 0 Å². The molecule has 2 atom stereocenters. The predicted octanol–water partition coefficient (Wildman–Crippen LogP) is 4.08. The van der Waals surface area contributed by atoms with E-state index in [4.69, 9.17) is 14.7 Å². The number of benzene rings is 2. The molecule has 220 valence electrons. The van der Waals surface area contributed by atoms with Gasteiger partial charge in [-0.3, -0.25) is 24.4 Å². The zero-order chi connectivity index (χ0) is 29.6. The van der Waals surface area contributed by atoms with Crippen LogP contribution in [0.4, 0.5) is 11.4 Å². The first-order chi connectivity index (χ1) is 19.3. The van der Waals surface area contributed by atoms with Crippen molar-refractivity contribution < 1.29 is 38.6 Å². The highest BCUT2D eigenvalue weighted by atomic mass is 16.5. The van der Waals surface area contributed by atoms with Gasteiger partial charge < -0.3 is 24.8 Å². The monoisotopic (exact) mass is 559 g/mol. The molecule has 3 amide bonds. The SMILES string of the molecule is COC(=O)CCCCC(OC)C(=O)Nc1ccccc1.COC(CCCCC(=O)NO)C(=O)Nc1ccccc1. The number of methoxy groups -OCH3 is 3. The van der Waals surface area contributed by atoms with Gasteiger partial charge >= 0.3 is 5.97 Å². The number of hydrogen-bond acceptors (Lipinski definition) is 8. The highest BCUT2D eigenvalue weighted by molar-refractivity contribution is 5.94. The van der Waals surface area contributed by atoms with Gasteiger partial charge in [-0.2, -0.15) is 0 Å². The molecule has 2 aromatic rings. The summed E-state index contributed by atoms with van der Waals surface area (Å²) in [6.07, 6.45) is 3.31. The fraction of sp³-hybridized carbons (Fsp3) is 0.448. The number of carbonyl (C=O) groups excluding carboxylic acids is 4. The third kappa shape index (κ3) is 15.0. The van der Waals surface area contributed by atoms with Gasteiger partial charge in [0, 0.05) is 38.4 Å². The van der Waals surface area contributed by atoms with Crippen molar-refractivity contribution in [3.05, 3.63) is 60.7 Å². The minimum Gasteiger partial charge on any atom is -0.469 e. The Labute approximate surface area is 235 Å². The van der Waals surface area contributed by atoms with Crippen molar-refractivity contribution in [2.45, 2.75) is 63.6 Å². The number of esters is 1. The molecule has 0 fully saturated rings. The molecular formula is C29H41N3O8. The zero-order valence-electron chi connectivity index (χ0n) is 23.4. The summed E-state index contributed by atoms with van der Waals surface area (Å²) >= 11 is 0. The van der Waals surface area contributed by atoms with Gasteiger partial charge in [0.1, 0.15) is 12.2 Å². The summed E-state index contributed by atoms with van der Waals surface area (Å²) in [5.74, 6) is -1.03. The van der Waals surface area contributed by atoms with E-state index in [0.29, 0.717) is 38.5 Å². The molecule has 4 N–H and O–H groups in total. The zero-order valence-corrected chi connectivity index (χ0v) is 23.4. The van der Waals surface area contributed by atoms with Crippen LogP contribution in [0.1, 0.15) is 51.4 Å². The molecule has 0 bridgehead atoms. The lowest BCUT2D eigenvalue weighted by molar-refractivity contribution is -0.140. The van der Waals surface area contributed by atoms with Crippen LogP contribution in [0.3, 0.4) is 0 Å². The summed E-state index contributed by atoms with van der Waals surface area (Å²) in [7, 11) is 4.36. The van der Waals surface area contributed by atoms with Gasteiger partial charge in [-0.1, -0.05) is 36.4 Å². The summed E-state index contributed by atoms with van der Waals surface area (Å²) in [5.41, 5.74) is 3.04. The number of anilines is 2. The van der Waals surface area contributed by atoms with E-state index >= 15 is 0 Å². The Balaban J connectivity index is 0.000000400. The average molecular weight is 560 g/mol. The Morgan fingerprint density at radius 1 is 0.675 bits per heavy atom. The Morgan fingerprint density at radius 2 is 1.10 bits per heavy atom. The van der Waals surface area contributed by atoms with E-state index in [9.17, 15) is 19.2 Å². The van der Waals surface area contributed by atoms with Crippen LogP contribution in [0, 0.1) is 0 Å². The van der Waals surface area contributed by atoms with Crippen molar-refractivity contribution in [3.63, 3.8) is 0 Å². The molecule has 0 radical (unpaired) electrons. The maximum atomic E-state index is 12.0. The van der Waals surface area contributed by atoms with E-state index in [2.05, 4.69) is 15.4 Å². The van der Waals surface area contributed by atoms with Crippen LogP contribution in [0.2, 0.25) is 0 Å². The second-order valence-corrected chi connectivity index (χ2v) is 8.76. The van der Waals surface area contributed by atoms with Crippen LogP contribution in [-0.2, 0) is 33.4 Å². The number of hydrogen-bond donors (Lipinski definition) is 4. The van der Waals surface area contributed by atoms with Crippen LogP contribution in [0.5, 0.6) is 0 Å². The molecule has 2 aromatic carbocycles. The molecule has 0 saturated heterocycles. The molecule has 0 aliphatic heterocycles. The minimum atomic E-state index is -0.549. The van der Waals surface area contributed by atoms with E-state index < -0.39 is 18.1 Å². The standard InChI is InChI=1S/C15H21NO4.C14H20N2O4/c1-19-13(10-6-7-11-14(17)20-2)15(18)16-12-8-4-3-5-9-12;1-20-12(9-5-6-10-13(17)16-19)14(18)15-11-7-3-2-4-8-11/h3-5,8-9,13H,6-7,10-11H2,1-2H3,(H,16,18);2-4,7-8,12,19H,5-6,9-10H2,1H3,(H,15,18)(H,16,17). The molecule has 40 heavy (non-hydrogen) atoms. The minimum absolute atomic E-state index is 0.170. The van der Waals surface area contributed by atoms with Crippen LogP contribution in [-0.4, -0.2) is 62.4 Å². The molecule has 2 rings (SSSR count). The molecule has 2 unspecified atom stereocenters. The maximum absolute atomic E-state index is 12.0. The third-order valence-corrected chi connectivity index (χ3v) is 5.81. The van der Waals surface area contributed by atoms with Crippen molar-refractivity contribution in [1.82, 2.24) is 5.48 Å². The summed E-state index contributed by atoms with van der Waals surface area (Å²) < 4.78 is 14.9. The van der Waals surface area contributed by atoms with Crippen LogP contribution in [0.15, 0.2) is 60.7 Å². The number of hydroxylamine groups is 1. The van der Waals surface area contributed by atoms with E-state index in [1.165, 1.54) is 21.3 Å². The first-order valence-corrected chi connectivity index (χ1v) is 13.1. The fourth-order valence-electron chi connectivity index (χ4n) is 3.57. The first-order valence-electron chi connectivity index (χ1n) is 13.1. The molecule has 11 heteroatoms. The molecule has 0 saturated carbocycles. The molecule has 11 nitrogen and oxygen atoms in total. The summed E-state index contributed by atoms with van der Waals surface area (Å²) in [4.78, 5) is 45.8. The van der Waals surface area contributed by atoms with Crippen molar-refractivity contribution in [1.29, 1.82) is 0 Å². The lowest BCUT2D eigenvalue weighted by atomic mass is 10.1. The van der Waals surface area contributed by atoms with Crippen LogP contribution < -0.4 is 16.1 Å². The Morgan fingerprint density at radius 3 is 1.48 bits per heavy atom. The topological polar surface area (TPSA) is 152 Å². The van der Waals surface area contributed by atoms with E-state index in [-0.39, 0.29) is 24.2 Å². The average Bonchev–Trinajstić information content (AvgIpc) is 2.98. The normalized spacial score (nSPS) is 11.7. The Bertz CT molecular complexity index is 923. The number of carbonyl (C=O) groups is 4. The second-order valence-electron chi connectivity index (χ2n) is 8.76. The van der Waals surface area contributed by atoms with E-state index in [1.54, 1.807) is 17.6 Å². The summed E-state index contributed by atoms with van der Waals surface area (Å²) in [6.45, 7) is 0. The van der Waals surface area contributed by atoms with Gasteiger partial charge in [0.2, 0.25) is 5.91 Å². The number of ether oxygens (including phenoxy) is 3. The number of rotatable bonds is 16. The quantitative estimate of drug-likeness (QED) is 0.104.